The van der Waals surface area contributed by atoms with Crippen LogP contribution in [0.1, 0.15) is 15.9 Å². The number of rotatable bonds is 2. The molecular weight excluding hydrogens is 249 g/mol. The second-order valence-electron chi connectivity index (χ2n) is 4.12. The lowest BCUT2D eigenvalue weighted by Crippen LogP contribution is -2.13. The molecule has 0 aliphatic heterocycles. The van der Waals surface area contributed by atoms with Gasteiger partial charge in [-0.15, -0.1) is 0 Å². The molecule has 98 valence electrons. The lowest BCUT2D eigenvalue weighted by atomic mass is 10.1. The van der Waals surface area contributed by atoms with E-state index < -0.39 is 17.5 Å². The van der Waals surface area contributed by atoms with Crippen LogP contribution in [0, 0.1) is 12.7 Å². The highest BCUT2D eigenvalue weighted by molar-refractivity contribution is 6.05. The van der Waals surface area contributed by atoms with Crippen molar-refractivity contribution in [2.45, 2.75) is 6.92 Å². The van der Waals surface area contributed by atoms with Gasteiger partial charge in [-0.2, -0.15) is 0 Å². The molecule has 5 heteroatoms. The first-order valence-corrected chi connectivity index (χ1v) is 5.57. The Balaban J connectivity index is 2.23. The molecule has 0 aliphatic carbocycles. The number of benzene rings is 2. The fourth-order valence-corrected chi connectivity index (χ4v) is 1.69. The summed E-state index contributed by atoms with van der Waals surface area (Å²) in [5.74, 6) is -1.62. The molecule has 0 spiro atoms. The molecule has 2 aromatic rings. The average molecular weight is 261 g/mol. The molecule has 1 amide bonds. The fraction of sp³-hybridized carbons (Fsp3) is 0.0714. The Hall–Kier alpha value is -2.56. The van der Waals surface area contributed by atoms with E-state index in [1.54, 1.807) is 6.92 Å². The third kappa shape index (κ3) is 2.82. The predicted octanol–water partition coefficient (Wildman–Crippen LogP) is 2.80. The van der Waals surface area contributed by atoms with E-state index in [0.29, 0.717) is 11.1 Å². The Morgan fingerprint density at radius 3 is 2.53 bits per heavy atom. The van der Waals surface area contributed by atoms with Crippen molar-refractivity contribution in [1.29, 1.82) is 0 Å². The first kappa shape index (κ1) is 12.9. The van der Waals surface area contributed by atoms with E-state index in [4.69, 9.17) is 5.11 Å². The van der Waals surface area contributed by atoms with Gasteiger partial charge in [0.05, 0.1) is 0 Å². The number of hydrogen-bond donors (Lipinski definition) is 3. The molecule has 0 radical (unpaired) electrons. The monoisotopic (exact) mass is 261 g/mol. The molecule has 0 fully saturated rings. The molecule has 0 heterocycles. The number of anilines is 1. The first-order valence-electron chi connectivity index (χ1n) is 5.57. The lowest BCUT2D eigenvalue weighted by molar-refractivity contribution is 0.102. The van der Waals surface area contributed by atoms with Gasteiger partial charge in [-0.1, -0.05) is 0 Å². The number of halogens is 1. The molecule has 19 heavy (non-hydrogen) atoms. The summed E-state index contributed by atoms with van der Waals surface area (Å²) in [4.78, 5) is 12.0. The van der Waals surface area contributed by atoms with E-state index in [-0.39, 0.29) is 11.4 Å². The van der Waals surface area contributed by atoms with Gasteiger partial charge < -0.3 is 15.5 Å². The van der Waals surface area contributed by atoms with Crippen molar-refractivity contribution in [1.82, 2.24) is 0 Å². The summed E-state index contributed by atoms with van der Waals surface area (Å²) in [7, 11) is 0. The summed E-state index contributed by atoms with van der Waals surface area (Å²) in [5.41, 5.74) is 1.23. The standard InChI is InChI=1S/C14H12FNO3/c1-8-6-10(17)3-4-11(8)14(19)16-9-2-5-13(18)12(15)7-9/h2-7,17-18H,1H3,(H,16,19). The SMILES string of the molecule is Cc1cc(O)ccc1C(=O)Nc1ccc(O)c(F)c1. The minimum absolute atomic E-state index is 0.0738. The van der Waals surface area contributed by atoms with Crippen LogP contribution in [0.4, 0.5) is 10.1 Å². The van der Waals surface area contributed by atoms with Gasteiger partial charge in [0.15, 0.2) is 11.6 Å². The lowest BCUT2D eigenvalue weighted by Gasteiger charge is -2.08. The van der Waals surface area contributed by atoms with Gasteiger partial charge in [0, 0.05) is 17.3 Å². The zero-order chi connectivity index (χ0) is 14.0. The molecule has 0 saturated carbocycles. The third-order valence-electron chi connectivity index (χ3n) is 2.66. The van der Waals surface area contributed by atoms with Crippen LogP contribution in [0.3, 0.4) is 0 Å². The molecule has 2 rings (SSSR count). The molecule has 0 saturated heterocycles. The summed E-state index contributed by atoms with van der Waals surface area (Å²) in [6, 6.07) is 7.94. The van der Waals surface area contributed by atoms with E-state index in [9.17, 15) is 14.3 Å². The molecule has 4 nitrogen and oxygen atoms in total. The van der Waals surface area contributed by atoms with E-state index in [0.717, 1.165) is 12.1 Å². The van der Waals surface area contributed by atoms with Crippen LogP contribution in [0.25, 0.3) is 0 Å². The minimum atomic E-state index is -0.805. The largest absolute Gasteiger partial charge is 0.508 e. The number of nitrogens with one attached hydrogen (secondary N) is 1. The van der Waals surface area contributed by atoms with Crippen molar-refractivity contribution >= 4 is 11.6 Å². The summed E-state index contributed by atoms with van der Waals surface area (Å²) < 4.78 is 13.1. The summed E-state index contributed by atoms with van der Waals surface area (Å²) >= 11 is 0. The highest BCUT2D eigenvalue weighted by Crippen LogP contribution is 2.21. The highest BCUT2D eigenvalue weighted by Gasteiger charge is 2.11. The zero-order valence-electron chi connectivity index (χ0n) is 10.1. The van der Waals surface area contributed by atoms with Crippen LogP contribution in [0.15, 0.2) is 36.4 Å². The summed E-state index contributed by atoms with van der Waals surface area (Å²) in [5, 5.41) is 20.8. The molecule has 0 aliphatic rings. The predicted molar refractivity (Wildman–Crippen MR) is 68.9 cm³/mol. The number of aromatic hydroxyl groups is 2. The van der Waals surface area contributed by atoms with E-state index in [2.05, 4.69) is 5.32 Å². The molecule has 3 N–H and O–H groups in total. The van der Waals surface area contributed by atoms with Gasteiger partial charge in [0.1, 0.15) is 5.75 Å². The number of hydrogen-bond acceptors (Lipinski definition) is 3. The van der Waals surface area contributed by atoms with Crippen molar-refractivity contribution in [3.8, 4) is 11.5 Å². The van der Waals surface area contributed by atoms with Crippen molar-refractivity contribution in [3.05, 3.63) is 53.3 Å². The molecule has 0 atom stereocenters. The number of phenols is 2. The molecule has 2 aromatic carbocycles. The second-order valence-corrected chi connectivity index (χ2v) is 4.12. The Bertz CT molecular complexity index is 641. The van der Waals surface area contributed by atoms with Gasteiger partial charge in [-0.3, -0.25) is 4.79 Å². The van der Waals surface area contributed by atoms with Crippen molar-refractivity contribution < 1.29 is 19.4 Å². The molecule has 0 unspecified atom stereocenters. The number of aryl methyl sites for hydroxylation is 1. The maximum Gasteiger partial charge on any atom is 0.255 e. The van der Waals surface area contributed by atoms with Crippen LogP contribution in [-0.4, -0.2) is 16.1 Å². The van der Waals surface area contributed by atoms with E-state index in [1.165, 1.54) is 24.3 Å². The number of carbonyl (C=O) groups excluding carboxylic acids is 1. The van der Waals surface area contributed by atoms with Gasteiger partial charge in [-0.25, -0.2) is 4.39 Å². The smallest absolute Gasteiger partial charge is 0.255 e. The Kier molecular flexibility index (Phi) is 3.37. The summed E-state index contributed by atoms with van der Waals surface area (Å²) in [6.45, 7) is 1.69. The van der Waals surface area contributed by atoms with Gasteiger partial charge in [0.25, 0.3) is 5.91 Å². The number of phenolic OH excluding ortho intramolecular Hbond substituents is 2. The summed E-state index contributed by atoms with van der Waals surface area (Å²) in [6.07, 6.45) is 0. The van der Waals surface area contributed by atoms with Crippen LogP contribution in [0.2, 0.25) is 0 Å². The third-order valence-corrected chi connectivity index (χ3v) is 2.66. The van der Waals surface area contributed by atoms with Gasteiger partial charge >= 0.3 is 0 Å². The topological polar surface area (TPSA) is 69.6 Å². The quantitative estimate of drug-likeness (QED) is 0.728. The van der Waals surface area contributed by atoms with Crippen molar-refractivity contribution in [3.63, 3.8) is 0 Å². The van der Waals surface area contributed by atoms with Crippen LogP contribution in [-0.2, 0) is 0 Å². The van der Waals surface area contributed by atoms with Crippen LogP contribution in [0.5, 0.6) is 11.5 Å². The molecule has 0 bridgehead atoms. The molecule has 0 aromatic heterocycles. The fourth-order valence-electron chi connectivity index (χ4n) is 1.69. The average Bonchev–Trinajstić information content (AvgIpc) is 2.33. The maximum absolute atomic E-state index is 13.1. The minimum Gasteiger partial charge on any atom is -0.508 e. The first-order chi connectivity index (χ1) is 8.97. The zero-order valence-corrected chi connectivity index (χ0v) is 10.1. The van der Waals surface area contributed by atoms with Crippen molar-refractivity contribution in [2.75, 3.05) is 5.32 Å². The highest BCUT2D eigenvalue weighted by atomic mass is 19.1. The maximum atomic E-state index is 13.1. The number of amides is 1. The van der Waals surface area contributed by atoms with E-state index >= 15 is 0 Å². The van der Waals surface area contributed by atoms with E-state index in [1.807, 2.05) is 0 Å². The Morgan fingerprint density at radius 2 is 1.89 bits per heavy atom. The van der Waals surface area contributed by atoms with Crippen LogP contribution < -0.4 is 5.32 Å². The van der Waals surface area contributed by atoms with Gasteiger partial charge in [-0.05, 0) is 42.8 Å². The number of carbonyl (C=O) groups is 1. The molecular formula is C14H12FNO3. The van der Waals surface area contributed by atoms with Crippen LogP contribution >= 0.6 is 0 Å². The second kappa shape index (κ2) is 4.97. The van der Waals surface area contributed by atoms with Gasteiger partial charge in [0.2, 0.25) is 0 Å². The Labute approximate surface area is 109 Å². The Morgan fingerprint density at radius 1 is 1.16 bits per heavy atom. The normalized spacial score (nSPS) is 10.2. The van der Waals surface area contributed by atoms with Crippen molar-refractivity contribution in [2.24, 2.45) is 0 Å².